The highest BCUT2D eigenvalue weighted by Crippen LogP contribution is 2.20. The van der Waals surface area contributed by atoms with Crippen molar-refractivity contribution < 1.29 is 4.52 Å². The largest absolute Gasteiger partial charge is 0.356 e. The van der Waals surface area contributed by atoms with Crippen molar-refractivity contribution in [2.75, 3.05) is 7.05 Å². The van der Waals surface area contributed by atoms with Gasteiger partial charge in [0.25, 0.3) is 5.56 Å². The van der Waals surface area contributed by atoms with Gasteiger partial charge in [0.1, 0.15) is 5.65 Å². The molecular weight excluding hydrogens is 340 g/mol. The number of hydrogen-bond donors (Lipinski definition) is 0. The van der Waals surface area contributed by atoms with Gasteiger partial charge in [-0.1, -0.05) is 41.6 Å². The first kappa shape index (κ1) is 17.2. The summed E-state index contributed by atoms with van der Waals surface area (Å²) in [6.45, 7) is 3.05. The second-order valence-corrected chi connectivity index (χ2v) is 6.67. The van der Waals surface area contributed by atoms with Gasteiger partial charge >= 0.3 is 0 Å². The lowest BCUT2D eigenvalue weighted by molar-refractivity contribution is 0.301. The van der Waals surface area contributed by atoms with E-state index in [-0.39, 0.29) is 5.56 Å². The fraction of sp³-hybridized carbons (Fsp3) is 0.190. The third-order valence-electron chi connectivity index (χ3n) is 4.41. The molecule has 0 amide bonds. The van der Waals surface area contributed by atoms with Crippen molar-refractivity contribution in [1.82, 2.24) is 19.4 Å². The Labute approximate surface area is 156 Å². The molecule has 6 heteroatoms. The Kier molecular flexibility index (Phi) is 4.56. The molecular formula is C21H20N4O2. The maximum Gasteiger partial charge on any atom is 0.258 e. The quantitative estimate of drug-likeness (QED) is 0.546. The molecule has 0 N–H and O–H groups in total. The molecule has 0 aliphatic carbocycles. The van der Waals surface area contributed by atoms with Crippen LogP contribution in [0, 0.1) is 6.92 Å². The topological polar surface area (TPSA) is 63.6 Å². The summed E-state index contributed by atoms with van der Waals surface area (Å²) < 4.78 is 7.06. The van der Waals surface area contributed by atoms with Crippen LogP contribution in [0.2, 0.25) is 0 Å². The predicted molar refractivity (Wildman–Crippen MR) is 103 cm³/mol. The molecule has 1 aromatic carbocycles. The number of nitrogens with zero attached hydrogens (tertiary/aromatic N) is 4. The van der Waals surface area contributed by atoms with Gasteiger partial charge in [0.15, 0.2) is 5.76 Å². The molecule has 27 heavy (non-hydrogen) atoms. The zero-order valence-electron chi connectivity index (χ0n) is 15.3. The van der Waals surface area contributed by atoms with Crippen molar-refractivity contribution in [2.45, 2.75) is 20.0 Å². The minimum Gasteiger partial charge on any atom is -0.356 e. The summed E-state index contributed by atoms with van der Waals surface area (Å²) in [5.41, 5.74) is 4.05. The van der Waals surface area contributed by atoms with E-state index in [1.807, 2.05) is 68.6 Å². The number of aryl methyl sites for hydroxylation is 1. The third-order valence-corrected chi connectivity index (χ3v) is 4.41. The standard InChI is InChI=1S/C21H20N4O2/c1-15-7-6-10-20-22-17(12-21(26)25(15)20)13-24(2)14-18-11-19(27-23-18)16-8-4-3-5-9-16/h3-12H,13-14H2,1-2H3. The molecule has 4 rings (SSSR count). The summed E-state index contributed by atoms with van der Waals surface area (Å²) in [6.07, 6.45) is 0. The fourth-order valence-electron chi connectivity index (χ4n) is 3.18. The molecule has 136 valence electrons. The third kappa shape index (κ3) is 3.66. The molecule has 0 radical (unpaired) electrons. The van der Waals surface area contributed by atoms with Gasteiger partial charge in [0.05, 0.1) is 11.4 Å². The smallest absolute Gasteiger partial charge is 0.258 e. The summed E-state index contributed by atoms with van der Waals surface area (Å²) in [6, 6.07) is 19.1. The number of pyridine rings is 1. The highest BCUT2D eigenvalue weighted by atomic mass is 16.5. The Morgan fingerprint density at radius 2 is 1.78 bits per heavy atom. The maximum absolute atomic E-state index is 12.4. The normalized spacial score (nSPS) is 11.4. The van der Waals surface area contributed by atoms with Crippen LogP contribution in [0.4, 0.5) is 0 Å². The van der Waals surface area contributed by atoms with E-state index in [4.69, 9.17) is 4.52 Å². The molecule has 0 aliphatic heterocycles. The molecule has 3 heterocycles. The number of rotatable bonds is 5. The Balaban J connectivity index is 1.50. The van der Waals surface area contributed by atoms with Gasteiger partial charge in [-0.05, 0) is 26.1 Å². The zero-order chi connectivity index (χ0) is 18.8. The SMILES string of the molecule is Cc1cccc2nc(CN(C)Cc3cc(-c4ccccc4)on3)cc(=O)n12. The van der Waals surface area contributed by atoms with Crippen LogP contribution in [0.5, 0.6) is 0 Å². The molecule has 4 aromatic rings. The van der Waals surface area contributed by atoms with E-state index in [9.17, 15) is 4.79 Å². The Bertz CT molecular complexity index is 1130. The van der Waals surface area contributed by atoms with Crippen LogP contribution in [-0.2, 0) is 13.1 Å². The van der Waals surface area contributed by atoms with E-state index in [1.165, 1.54) is 0 Å². The molecule has 6 nitrogen and oxygen atoms in total. The lowest BCUT2D eigenvalue weighted by Gasteiger charge is -2.14. The van der Waals surface area contributed by atoms with E-state index in [2.05, 4.69) is 15.0 Å². The van der Waals surface area contributed by atoms with Gasteiger partial charge < -0.3 is 4.52 Å². The molecule has 0 saturated carbocycles. The Morgan fingerprint density at radius 1 is 1.00 bits per heavy atom. The van der Waals surface area contributed by atoms with Crippen molar-refractivity contribution in [1.29, 1.82) is 0 Å². The van der Waals surface area contributed by atoms with E-state index in [0.29, 0.717) is 18.7 Å². The van der Waals surface area contributed by atoms with Crippen LogP contribution in [0.3, 0.4) is 0 Å². The molecule has 0 unspecified atom stereocenters. The maximum atomic E-state index is 12.4. The lowest BCUT2D eigenvalue weighted by Crippen LogP contribution is -2.22. The zero-order valence-corrected chi connectivity index (χ0v) is 15.3. The molecule has 0 bridgehead atoms. The Morgan fingerprint density at radius 3 is 2.59 bits per heavy atom. The van der Waals surface area contributed by atoms with E-state index < -0.39 is 0 Å². The monoisotopic (exact) mass is 360 g/mol. The summed E-state index contributed by atoms with van der Waals surface area (Å²) in [7, 11) is 1.97. The lowest BCUT2D eigenvalue weighted by atomic mass is 10.1. The minimum absolute atomic E-state index is 0.0608. The molecule has 0 spiro atoms. The van der Waals surface area contributed by atoms with Gasteiger partial charge in [-0.2, -0.15) is 0 Å². The van der Waals surface area contributed by atoms with Crippen molar-refractivity contribution in [3.63, 3.8) is 0 Å². The van der Waals surface area contributed by atoms with Crippen LogP contribution in [-0.4, -0.2) is 26.5 Å². The second-order valence-electron chi connectivity index (χ2n) is 6.67. The first-order valence-electron chi connectivity index (χ1n) is 8.78. The molecule has 0 atom stereocenters. The van der Waals surface area contributed by atoms with Gasteiger partial charge in [0.2, 0.25) is 0 Å². The first-order chi connectivity index (χ1) is 13.1. The highest BCUT2D eigenvalue weighted by molar-refractivity contribution is 5.56. The number of aromatic nitrogens is 3. The number of hydrogen-bond acceptors (Lipinski definition) is 5. The van der Waals surface area contributed by atoms with Crippen molar-refractivity contribution >= 4 is 5.65 Å². The average Bonchev–Trinajstić information content (AvgIpc) is 3.10. The number of fused-ring (bicyclic) bond motifs is 1. The predicted octanol–water partition coefficient (Wildman–Crippen LogP) is 3.29. The summed E-state index contributed by atoms with van der Waals surface area (Å²) in [4.78, 5) is 19.1. The molecule has 0 saturated heterocycles. The Hall–Kier alpha value is -3.25. The van der Waals surface area contributed by atoms with Gasteiger partial charge in [-0.25, -0.2) is 4.98 Å². The van der Waals surface area contributed by atoms with Crippen molar-refractivity contribution in [3.05, 3.63) is 88.1 Å². The summed E-state index contributed by atoms with van der Waals surface area (Å²) in [5.74, 6) is 0.747. The summed E-state index contributed by atoms with van der Waals surface area (Å²) in [5, 5.41) is 4.15. The van der Waals surface area contributed by atoms with Crippen LogP contribution >= 0.6 is 0 Å². The van der Waals surface area contributed by atoms with Gasteiger partial charge in [-0.15, -0.1) is 0 Å². The first-order valence-corrected chi connectivity index (χ1v) is 8.78. The van der Waals surface area contributed by atoms with Gasteiger partial charge in [0, 0.05) is 36.5 Å². The van der Waals surface area contributed by atoms with Crippen LogP contribution in [0.15, 0.2) is 70.0 Å². The van der Waals surface area contributed by atoms with Crippen molar-refractivity contribution in [2.24, 2.45) is 0 Å². The van der Waals surface area contributed by atoms with E-state index in [0.717, 1.165) is 28.4 Å². The molecule has 3 aromatic heterocycles. The molecule has 0 aliphatic rings. The van der Waals surface area contributed by atoms with Crippen LogP contribution in [0.1, 0.15) is 17.1 Å². The van der Waals surface area contributed by atoms with E-state index in [1.54, 1.807) is 10.5 Å². The minimum atomic E-state index is -0.0608. The van der Waals surface area contributed by atoms with Crippen LogP contribution in [0.25, 0.3) is 17.0 Å². The highest BCUT2D eigenvalue weighted by Gasteiger charge is 2.11. The number of benzene rings is 1. The van der Waals surface area contributed by atoms with Crippen LogP contribution < -0.4 is 5.56 Å². The fourth-order valence-corrected chi connectivity index (χ4v) is 3.18. The second kappa shape index (κ2) is 7.17. The van der Waals surface area contributed by atoms with Gasteiger partial charge in [-0.3, -0.25) is 14.1 Å². The molecule has 0 fully saturated rings. The summed E-state index contributed by atoms with van der Waals surface area (Å²) >= 11 is 0. The van der Waals surface area contributed by atoms with E-state index >= 15 is 0 Å². The van der Waals surface area contributed by atoms with Crippen molar-refractivity contribution in [3.8, 4) is 11.3 Å². The average molecular weight is 360 g/mol.